The second kappa shape index (κ2) is 5.71. The molecule has 1 aromatic carbocycles. The standard InChI is InChI=1S/C15H16N4O/c1-18(12-14-7-10-20-17-14)11-13-5-2-3-6-15(13)19-9-4-8-16-19/h2-10H,11-12H2,1H3. The minimum Gasteiger partial charge on any atom is -0.364 e. The summed E-state index contributed by atoms with van der Waals surface area (Å²) in [7, 11) is 2.06. The summed E-state index contributed by atoms with van der Waals surface area (Å²) in [6, 6.07) is 12.1. The van der Waals surface area contributed by atoms with Gasteiger partial charge in [-0.1, -0.05) is 23.4 Å². The van der Waals surface area contributed by atoms with Crippen molar-refractivity contribution in [2.24, 2.45) is 0 Å². The van der Waals surface area contributed by atoms with E-state index < -0.39 is 0 Å². The number of benzene rings is 1. The molecule has 2 aromatic heterocycles. The Hall–Kier alpha value is -2.40. The minimum absolute atomic E-state index is 0.754. The van der Waals surface area contributed by atoms with Crippen LogP contribution in [0.1, 0.15) is 11.3 Å². The molecule has 0 radical (unpaired) electrons. The van der Waals surface area contributed by atoms with Crippen LogP contribution in [-0.4, -0.2) is 26.9 Å². The Kier molecular flexibility index (Phi) is 3.60. The lowest BCUT2D eigenvalue weighted by atomic mass is 10.1. The van der Waals surface area contributed by atoms with Crippen molar-refractivity contribution in [3.63, 3.8) is 0 Å². The Morgan fingerprint density at radius 3 is 2.80 bits per heavy atom. The molecule has 20 heavy (non-hydrogen) atoms. The van der Waals surface area contributed by atoms with Crippen LogP contribution in [0.4, 0.5) is 0 Å². The zero-order valence-corrected chi connectivity index (χ0v) is 11.3. The maximum atomic E-state index is 4.86. The maximum Gasteiger partial charge on any atom is 0.124 e. The van der Waals surface area contributed by atoms with E-state index in [4.69, 9.17) is 4.52 Å². The van der Waals surface area contributed by atoms with E-state index >= 15 is 0 Å². The predicted octanol–water partition coefficient (Wildman–Crippen LogP) is 2.49. The van der Waals surface area contributed by atoms with Crippen molar-refractivity contribution in [3.05, 3.63) is 66.3 Å². The predicted molar refractivity (Wildman–Crippen MR) is 75.2 cm³/mol. The molecule has 0 amide bonds. The van der Waals surface area contributed by atoms with Gasteiger partial charge in [-0.05, 0) is 24.7 Å². The summed E-state index contributed by atoms with van der Waals surface area (Å²) in [4.78, 5) is 2.19. The van der Waals surface area contributed by atoms with Gasteiger partial charge >= 0.3 is 0 Å². The molecular formula is C15H16N4O. The molecule has 0 fully saturated rings. The first-order valence-electron chi connectivity index (χ1n) is 6.48. The third-order valence-corrected chi connectivity index (χ3v) is 3.11. The average Bonchev–Trinajstić information content (AvgIpc) is 3.11. The fraction of sp³-hybridized carbons (Fsp3) is 0.200. The van der Waals surface area contributed by atoms with Gasteiger partial charge in [0.05, 0.1) is 11.4 Å². The summed E-state index contributed by atoms with van der Waals surface area (Å²) in [5, 5.41) is 8.24. The molecule has 102 valence electrons. The van der Waals surface area contributed by atoms with E-state index in [0.717, 1.165) is 24.5 Å². The SMILES string of the molecule is CN(Cc1ccon1)Cc1ccccc1-n1cccn1. The number of hydrogen-bond donors (Lipinski definition) is 0. The van der Waals surface area contributed by atoms with Crippen LogP contribution in [0.5, 0.6) is 0 Å². The van der Waals surface area contributed by atoms with Crippen molar-refractivity contribution in [2.45, 2.75) is 13.1 Å². The van der Waals surface area contributed by atoms with Gasteiger partial charge in [0, 0.05) is 31.5 Å². The molecule has 0 spiro atoms. The fourth-order valence-electron chi connectivity index (χ4n) is 2.22. The Balaban J connectivity index is 1.77. The third kappa shape index (κ3) is 2.78. The van der Waals surface area contributed by atoms with Gasteiger partial charge in [0.25, 0.3) is 0 Å². The summed E-state index contributed by atoms with van der Waals surface area (Å²) in [6.07, 6.45) is 5.34. The molecule has 0 N–H and O–H groups in total. The normalized spacial score (nSPS) is 11.1. The largest absolute Gasteiger partial charge is 0.364 e. The second-order valence-electron chi connectivity index (χ2n) is 4.74. The average molecular weight is 268 g/mol. The van der Waals surface area contributed by atoms with E-state index in [9.17, 15) is 0 Å². The van der Waals surface area contributed by atoms with E-state index in [1.807, 2.05) is 35.1 Å². The van der Waals surface area contributed by atoms with E-state index in [0.29, 0.717) is 0 Å². The van der Waals surface area contributed by atoms with Gasteiger partial charge < -0.3 is 4.52 Å². The first kappa shape index (κ1) is 12.6. The number of hydrogen-bond acceptors (Lipinski definition) is 4. The van der Waals surface area contributed by atoms with Crippen LogP contribution < -0.4 is 0 Å². The van der Waals surface area contributed by atoms with Gasteiger partial charge in [-0.2, -0.15) is 5.10 Å². The summed E-state index contributed by atoms with van der Waals surface area (Å²) >= 11 is 0. The Morgan fingerprint density at radius 1 is 1.15 bits per heavy atom. The molecule has 5 nitrogen and oxygen atoms in total. The third-order valence-electron chi connectivity index (χ3n) is 3.11. The molecule has 2 heterocycles. The van der Waals surface area contributed by atoms with Crippen LogP contribution in [-0.2, 0) is 13.1 Å². The quantitative estimate of drug-likeness (QED) is 0.713. The molecule has 0 saturated carbocycles. The smallest absolute Gasteiger partial charge is 0.124 e. The molecule has 0 aliphatic rings. The molecule has 0 aliphatic heterocycles. The highest BCUT2D eigenvalue weighted by Crippen LogP contribution is 2.16. The lowest BCUT2D eigenvalue weighted by molar-refractivity contribution is 0.303. The van der Waals surface area contributed by atoms with Gasteiger partial charge in [-0.25, -0.2) is 4.68 Å². The fourth-order valence-corrected chi connectivity index (χ4v) is 2.22. The molecule has 0 bridgehead atoms. The summed E-state index contributed by atoms with van der Waals surface area (Å²) < 4.78 is 6.75. The van der Waals surface area contributed by atoms with Crippen molar-refractivity contribution >= 4 is 0 Å². The molecule has 3 aromatic rings. The molecule has 5 heteroatoms. The zero-order valence-electron chi connectivity index (χ0n) is 11.3. The van der Waals surface area contributed by atoms with Crippen molar-refractivity contribution in [3.8, 4) is 5.69 Å². The number of para-hydroxylation sites is 1. The maximum absolute atomic E-state index is 4.86. The molecule has 3 rings (SSSR count). The van der Waals surface area contributed by atoms with E-state index in [1.54, 1.807) is 12.5 Å². The zero-order chi connectivity index (χ0) is 13.8. The lowest BCUT2D eigenvalue weighted by Crippen LogP contribution is -2.18. The van der Waals surface area contributed by atoms with Crippen LogP contribution in [0, 0.1) is 0 Å². The van der Waals surface area contributed by atoms with Gasteiger partial charge in [-0.3, -0.25) is 4.90 Å². The highest BCUT2D eigenvalue weighted by molar-refractivity contribution is 5.40. The van der Waals surface area contributed by atoms with Crippen molar-refractivity contribution in [1.82, 2.24) is 19.8 Å². The number of rotatable bonds is 5. The van der Waals surface area contributed by atoms with Crippen LogP contribution in [0.25, 0.3) is 5.69 Å². The molecule has 0 atom stereocenters. The highest BCUT2D eigenvalue weighted by Gasteiger charge is 2.08. The van der Waals surface area contributed by atoms with Crippen molar-refractivity contribution in [1.29, 1.82) is 0 Å². The lowest BCUT2D eigenvalue weighted by Gasteiger charge is -2.17. The van der Waals surface area contributed by atoms with Crippen LogP contribution in [0.3, 0.4) is 0 Å². The first-order valence-corrected chi connectivity index (χ1v) is 6.48. The van der Waals surface area contributed by atoms with Crippen LogP contribution >= 0.6 is 0 Å². The molecule has 0 aliphatic carbocycles. The van der Waals surface area contributed by atoms with Gasteiger partial charge in [0.2, 0.25) is 0 Å². The van der Waals surface area contributed by atoms with Crippen molar-refractivity contribution < 1.29 is 4.52 Å². The van der Waals surface area contributed by atoms with E-state index in [-0.39, 0.29) is 0 Å². The summed E-state index contributed by atoms with van der Waals surface area (Å²) in [5.41, 5.74) is 3.26. The number of nitrogens with zero attached hydrogens (tertiary/aromatic N) is 4. The second-order valence-corrected chi connectivity index (χ2v) is 4.74. The minimum atomic E-state index is 0.754. The van der Waals surface area contributed by atoms with Crippen LogP contribution in [0.2, 0.25) is 0 Å². The molecular weight excluding hydrogens is 252 g/mol. The van der Waals surface area contributed by atoms with E-state index in [2.05, 4.69) is 34.3 Å². The Morgan fingerprint density at radius 2 is 2.05 bits per heavy atom. The summed E-state index contributed by atoms with van der Waals surface area (Å²) in [6.45, 7) is 1.58. The van der Waals surface area contributed by atoms with Crippen molar-refractivity contribution in [2.75, 3.05) is 7.05 Å². The Labute approximate surface area is 117 Å². The number of aromatic nitrogens is 3. The highest BCUT2D eigenvalue weighted by atomic mass is 16.5. The van der Waals surface area contributed by atoms with Gasteiger partial charge in [-0.15, -0.1) is 0 Å². The summed E-state index contributed by atoms with van der Waals surface area (Å²) in [5.74, 6) is 0. The monoisotopic (exact) mass is 268 g/mol. The molecule has 0 saturated heterocycles. The van der Waals surface area contributed by atoms with Gasteiger partial charge in [0.1, 0.15) is 6.26 Å². The van der Waals surface area contributed by atoms with E-state index in [1.165, 1.54) is 5.56 Å². The topological polar surface area (TPSA) is 47.1 Å². The van der Waals surface area contributed by atoms with Gasteiger partial charge in [0.15, 0.2) is 0 Å². The Bertz CT molecular complexity index is 646. The first-order chi connectivity index (χ1) is 9.83. The van der Waals surface area contributed by atoms with Crippen LogP contribution in [0.15, 0.2) is 59.6 Å². The molecule has 0 unspecified atom stereocenters.